The Kier molecular flexibility index (Phi) is 3.56. The van der Waals surface area contributed by atoms with Crippen LogP contribution >= 0.6 is 0 Å². The van der Waals surface area contributed by atoms with Gasteiger partial charge in [-0.2, -0.15) is 0 Å². The fraction of sp³-hybridized carbons (Fsp3) is 0.500. The minimum absolute atomic E-state index is 0.228. The van der Waals surface area contributed by atoms with Crippen molar-refractivity contribution in [3.8, 4) is 5.75 Å². The number of halogens is 1. The van der Waals surface area contributed by atoms with E-state index < -0.39 is 0 Å². The molecule has 0 radical (unpaired) electrons. The zero-order chi connectivity index (χ0) is 10.5. The summed E-state index contributed by atoms with van der Waals surface area (Å²) in [4.78, 5) is 0. The van der Waals surface area contributed by atoms with Crippen LogP contribution in [-0.2, 0) is 4.74 Å². The molecule has 1 saturated heterocycles. The van der Waals surface area contributed by atoms with E-state index in [4.69, 9.17) is 9.47 Å². The van der Waals surface area contributed by atoms with Gasteiger partial charge >= 0.3 is 0 Å². The number of rotatable bonds is 3. The van der Waals surface area contributed by atoms with Crippen molar-refractivity contribution in [1.29, 1.82) is 0 Å². The van der Waals surface area contributed by atoms with E-state index in [9.17, 15) is 4.39 Å². The minimum atomic E-state index is -0.228. The molecule has 0 aliphatic carbocycles. The number of ether oxygens (including phenoxy) is 2. The van der Waals surface area contributed by atoms with E-state index in [0.29, 0.717) is 12.5 Å². The first kappa shape index (κ1) is 10.4. The van der Waals surface area contributed by atoms with Gasteiger partial charge in [-0.3, -0.25) is 0 Å². The maximum atomic E-state index is 12.6. The first-order valence-electron chi connectivity index (χ1n) is 5.31. The largest absolute Gasteiger partial charge is 0.493 e. The van der Waals surface area contributed by atoms with Crippen LogP contribution in [-0.4, -0.2) is 19.8 Å². The standard InChI is InChI=1S/C12H15FO2/c13-11-1-3-12(4-2-11)15-9-10-5-7-14-8-6-10/h1-4,10H,5-9H2. The summed E-state index contributed by atoms with van der Waals surface area (Å²) < 4.78 is 23.5. The predicted molar refractivity (Wildman–Crippen MR) is 55.4 cm³/mol. The predicted octanol–water partition coefficient (Wildman–Crippen LogP) is 2.63. The molecule has 1 heterocycles. The third-order valence-electron chi connectivity index (χ3n) is 2.64. The summed E-state index contributed by atoms with van der Waals surface area (Å²) in [6.07, 6.45) is 2.11. The summed E-state index contributed by atoms with van der Waals surface area (Å²) in [6.45, 7) is 2.36. The van der Waals surface area contributed by atoms with Gasteiger partial charge in [-0.1, -0.05) is 0 Å². The maximum Gasteiger partial charge on any atom is 0.123 e. The van der Waals surface area contributed by atoms with Crippen LogP contribution in [0.1, 0.15) is 12.8 Å². The van der Waals surface area contributed by atoms with Crippen LogP contribution in [0, 0.1) is 11.7 Å². The van der Waals surface area contributed by atoms with Gasteiger partial charge in [-0.15, -0.1) is 0 Å². The normalized spacial score (nSPS) is 17.7. The highest BCUT2D eigenvalue weighted by Crippen LogP contribution is 2.17. The summed E-state index contributed by atoms with van der Waals surface area (Å²) in [5.74, 6) is 1.08. The SMILES string of the molecule is Fc1ccc(OCC2CCOCC2)cc1. The molecule has 1 aliphatic rings. The van der Waals surface area contributed by atoms with Crippen LogP contribution in [0.25, 0.3) is 0 Å². The average molecular weight is 210 g/mol. The van der Waals surface area contributed by atoms with Gasteiger partial charge in [0.2, 0.25) is 0 Å². The molecule has 82 valence electrons. The van der Waals surface area contributed by atoms with Crippen molar-refractivity contribution in [3.63, 3.8) is 0 Å². The highest BCUT2D eigenvalue weighted by molar-refractivity contribution is 5.21. The van der Waals surface area contributed by atoms with Crippen molar-refractivity contribution >= 4 is 0 Å². The van der Waals surface area contributed by atoms with Crippen LogP contribution in [0.15, 0.2) is 24.3 Å². The molecule has 15 heavy (non-hydrogen) atoms. The molecule has 2 nitrogen and oxygen atoms in total. The smallest absolute Gasteiger partial charge is 0.123 e. The van der Waals surface area contributed by atoms with Gasteiger partial charge in [0.05, 0.1) is 6.61 Å². The van der Waals surface area contributed by atoms with Gasteiger partial charge in [-0.05, 0) is 43.0 Å². The van der Waals surface area contributed by atoms with Crippen molar-refractivity contribution in [2.24, 2.45) is 5.92 Å². The second-order valence-electron chi connectivity index (χ2n) is 3.82. The molecule has 1 aliphatic heterocycles. The topological polar surface area (TPSA) is 18.5 Å². The summed E-state index contributed by atoms with van der Waals surface area (Å²) in [6, 6.07) is 6.15. The molecule has 0 aromatic heterocycles. The lowest BCUT2D eigenvalue weighted by Crippen LogP contribution is -2.21. The molecule has 2 rings (SSSR count). The summed E-state index contributed by atoms with van der Waals surface area (Å²) in [5.41, 5.74) is 0. The lowest BCUT2D eigenvalue weighted by Gasteiger charge is -2.21. The fourth-order valence-corrected chi connectivity index (χ4v) is 1.66. The molecule has 0 atom stereocenters. The number of hydrogen-bond donors (Lipinski definition) is 0. The Balaban J connectivity index is 1.79. The van der Waals surface area contributed by atoms with Gasteiger partial charge in [0.15, 0.2) is 0 Å². The molecular weight excluding hydrogens is 195 g/mol. The Hall–Kier alpha value is -1.09. The molecule has 3 heteroatoms. The van der Waals surface area contributed by atoms with Gasteiger partial charge in [0.25, 0.3) is 0 Å². The van der Waals surface area contributed by atoms with E-state index in [1.54, 1.807) is 12.1 Å². The number of benzene rings is 1. The zero-order valence-electron chi connectivity index (χ0n) is 8.62. The molecule has 0 amide bonds. The van der Waals surface area contributed by atoms with Crippen molar-refractivity contribution < 1.29 is 13.9 Å². The van der Waals surface area contributed by atoms with Crippen molar-refractivity contribution in [3.05, 3.63) is 30.1 Å². The number of hydrogen-bond acceptors (Lipinski definition) is 2. The van der Waals surface area contributed by atoms with E-state index in [0.717, 1.165) is 31.8 Å². The first-order chi connectivity index (χ1) is 7.34. The maximum absolute atomic E-state index is 12.6. The molecule has 1 aromatic rings. The summed E-state index contributed by atoms with van der Waals surface area (Å²) in [7, 11) is 0. The summed E-state index contributed by atoms with van der Waals surface area (Å²) in [5, 5.41) is 0. The van der Waals surface area contributed by atoms with Gasteiger partial charge < -0.3 is 9.47 Å². The Bertz CT molecular complexity index is 291. The molecule has 0 spiro atoms. The third kappa shape index (κ3) is 3.20. The van der Waals surface area contributed by atoms with Gasteiger partial charge in [0.1, 0.15) is 11.6 Å². The fourth-order valence-electron chi connectivity index (χ4n) is 1.66. The molecular formula is C12H15FO2. The molecule has 0 N–H and O–H groups in total. The first-order valence-corrected chi connectivity index (χ1v) is 5.31. The van der Waals surface area contributed by atoms with Crippen LogP contribution in [0.5, 0.6) is 5.75 Å². The Morgan fingerprint density at radius 1 is 1.20 bits per heavy atom. The molecule has 0 bridgehead atoms. The van der Waals surface area contributed by atoms with Gasteiger partial charge in [0, 0.05) is 13.2 Å². The van der Waals surface area contributed by atoms with E-state index in [1.165, 1.54) is 12.1 Å². The van der Waals surface area contributed by atoms with E-state index >= 15 is 0 Å². The molecule has 1 fully saturated rings. The van der Waals surface area contributed by atoms with E-state index in [2.05, 4.69) is 0 Å². The molecule has 1 aromatic carbocycles. The Morgan fingerprint density at radius 2 is 1.87 bits per heavy atom. The van der Waals surface area contributed by atoms with Crippen LogP contribution in [0.2, 0.25) is 0 Å². The third-order valence-corrected chi connectivity index (χ3v) is 2.64. The Morgan fingerprint density at radius 3 is 2.53 bits per heavy atom. The average Bonchev–Trinajstić information content (AvgIpc) is 2.30. The van der Waals surface area contributed by atoms with Crippen LogP contribution < -0.4 is 4.74 Å². The minimum Gasteiger partial charge on any atom is -0.493 e. The van der Waals surface area contributed by atoms with E-state index in [-0.39, 0.29) is 5.82 Å². The zero-order valence-corrected chi connectivity index (χ0v) is 8.62. The Labute approximate surface area is 89.0 Å². The van der Waals surface area contributed by atoms with Crippen molar-refractivity contribution in [1.82, 2.24) is 0 Å². The second kappa shape index (κ2) is 5.12. The lowest BCUT2D eigenvalue weighted by atomic mass is 10.0. The van der Waals surface area contributed by atoms with Crippen molar-refractivity contribution in [2.45, 2.75) is 12.8 Å². The molecule has 0 saturated carbocycles. The van der Waals surface area contributed by atoms with E-state index in [1.807, 2.05) is 0 Å². The van der Waals surface area contributed by atoms with Crippen molar-refractivity contribution in [2.75, 3.05) is 19.8 Å². The van der Waals surface area contributed by atoms with Crippen LogP contribution in [0.3, 0.4) is 0 Å². The lowest BCUT2D eigenvalue weighted by molar-refractivity contribution is 0.0497. The highest BCUT2D eigenvalue weighted by atomic mass is 19.1. The highest BCUT2D eigenvalue weighted by Gasteiger charge is 2.14. The van der Waals surface area contributed by atoms with Crippen LogP contribution in [0.4, 0.5) is 4.39 Å². The summed E-state index contributed by atoms with van der Waals surface area (Å²) >= 11 is 0. The monoisotopic (exact) mass is 210 g/mol. The molecule has 0 unspecified atom stereocenters. The second-order valence-corrected chi connectivity index (χ2v) is 3.82. The van der Waals surface area contributed by atoms with Gasteiger partial charge in [-0.25, -0.2) is 4.39 Å². The quantitative estimate of drug-likeness (QED) is 0.763.